The van der Waals surface area contributed by atoms with Crippen LogP contribution in [0.2, 0.25) is 0 Å². The molecule has 0 aliphatic carbocycles. The van der Waals surface area contributed by atoms with Crippen LogP contribution in [-0.4, -0.2) is 7.11 Å². The van der Waals surface area contributed by atoms with Crippen molar-refractivity contribution in [2.75, 3.05) is 7.11 Å². The summed E-state index contributed by atoms with van der Waals surface area (Å²) in [5.74, 6) is 6.68. The van der Waals surface area contributed by atoms with Crippen molar-refractivity contribution >= 4 is 0 Å². The minimum atomic E-state index is -0.0759. The quantitative estimate of drug-likeness (QED) is 0.766. The van der Waals surface area contributed by atoms with E-state index >= 15 is 0 Å². The second-order valence-corrected chi connectivity index (χ2v) is 3.48. The Morgan fingerprint density at radius 1 is 1.47 bits per heavy atom. The second-order valence-electron chi connectivity index (χ2n) is 3.48. The summed E-state index contributed by atoms with van der Waals surface area (Å²) in [6, 6.07) is 5.97. The van der Waals surface area contributed by atoms with Gasteiger partial charge in [0, 0.05) is 18.0 Å². The molecule has 0 bridgehead atoms. The maximum Gasteiger partial charge on any atom is 0.123 e. The molecule has 1 atom stereocenters. The number of methoxy groups -OCH3 is 1. The number of aryl methyl sites for hydroxylation is 1. The molecule has 2 nitrogen and oxygen atoms in total. The maximum atomic E-state index is 6.03. The maximum absolute atomic E-state index is 6.03. The van der Waals surface area contributed by atoms with Gasteiger partial charge in [-0.05, 0) is 25.5 Å². The summed E-state index contributed by atoms with van der Waals surface area (Å²) in [5, 5.41) is 0. The average Bonchev–Trinajstić information content (AvgIpc) is 2.25. The lowest BCUT2D eigenvalue weighted by Crippen LogP contribution is -2.10. The summed E-state index contributed by atoms with van der Waals surface area (Å²) >= 11 is 0. The summed E-state index contributed by atoms with van der Waals surface area (Å²) in [6.07, 6.45) is 0.663. The van der Waals surface area contributed by atoms with Crippen molar-refractivity contribution < 1.29 is 4.74 Å². The van der Waals surface area contributed by atoms with E-state index in [1.165, 1.54) is 5.56 Å². The summed E-state index contributed by atoms with van der Waals surface area (Å²) in [4.78, 5) is 0. The highest BCUT2D eigenvalue weighted by molar-refractivity contribution is 5.39. The van der Waals surface area contributed by atoms with E-state index in [1.807, 2.05) is 32.0 Å². The molecule has 1 unspecified atom stereocenters. The highest BCUT2D eigenvalue weighted by Crippen LogP contribution is 2.26. The minimum absolute atomic E-state index is 0.0759. The average molecular weight is 203 g/mol. The van der Waals surface area contributed by atoms with E-state index in [2.05, 4.69) is 11.8 Å². The second kappa shape index (κ2) is 5.43. The minimum Gasteiger partial charge on any atom is -0.496 e. The highest BCUT2D eigenvalue weighted by atomic mass is 16.5. The molecule has 2 N–H and O–H groups in total. The Morgan fingerprint density at radius 3 is 2.80 bits per heavy atom. The Labute approximate surface area is 91.4 Å². The van der Waals surface area contributed by atoms with Crippen molar-refractivity contribution in [3.8, 4) is 17.6 Å². The topological polar surface area (TPSA) is 35.2 Å². The summed E-state index contributed by atoms with van der Waals surface area (Å²) in [7, 11) is 1.66. The van der Waals surface area contributed by atoms with Crippen molar-refractivity contribution in [1.29, 1.82) is 0 Å². The normalized spacial score (nSPS) is 11.5. The SMILES string of the molecule is CC#CCC(N)c1ccc(C)cc1OC. The summed E-state index contributed by atoms with van der Waals surface area (Å²) in [5.41, 5.74) is 8.22. The van der Waals surface area contributed by atoms with E-state index in [0.717, 1.165) is 11.3 Å². The molecule has 15 heavy (non-hydrogen) atoms. The molecule has 0 aliphatic rings. The van der Waals surface area contributed by atoms with Gasteiger partial charge in [-0.1, -0.05) is 12.1 Å². The van der Waals surface area contributed by atoms with E-state index in [-0.39, 0.29) is 6.04 Å². The van der Waals surface area contributed by atoms with Crippen LogP contribution < -0.4 is 10.5 Å². The van der Waals surface area contributed by atoms with Gasteiger partial charge in [0.15, 0.2) is 0 Å². The van der Waals surface area contributed by atoms with E-state index in [9.17, 15) is 0 Å². The number of rotatable bonds is 3. The van der Waals surface area contributed by atoms with Crippen molar-refractivity contribution in [3.63, 3.8) is 0 Å². The Kier molecular flexibility index (Phi) is 4.20. The van der Waals surface area contributed by atoms with Gasteiger partial charge in [-0.2, -0.15) is 0 Å². The fourth-order valence-electron chi connectivity index (χ4n) is 1.45. The van der Waals surface area contributed by atoms with Crippen LogP contribution in [0.1, 0.15) is 30.5 Å². The van der Waals surface area contributed by atoms with Crippen LogP contribution in [0, 0.1) is 18.8 Å². The highest BCUT2D eigenvalue weighted by Gasteiger charge is 2.10. The van der Waals surface area contributed by atoms with E-state index in [1.54, 1.807) is 7.11 Å². The molecule has 1 rings (SSSR count). The predicted octanol–water partition coefficient (Wildman–Crippen LogP) is 2.42. The zero-order valence-electron chi connectivity index (χ0n) is 9.50. The number of ether oxygens (including phenoxy) is 1. The molecule has 0 radical (unpaired) electrons. The molecule has 0 amide bonds. The van der Waals surface area contributed by atoms with Gasteiger partial charge in [-0.3, -0.25) is 0 Å². The first-order valence-corrected chi connectivity index (χ1v) is 4.98. The standard InChI is InChI=1S/C13H17NO/c1-4-5-6-12(14)11-8-7-10(2)9-13(11)15-3/h7-9,12H,6,14H2,1-3H3. The van der Waals surface area contributed by atoms with Crippen molar-refractivity contribution in [2.24, 2.45) is 5.73 Å². The molecule has 0 saturated carbocycles. The molecule has 80 valence electrons. The van der Waals surface area contributed by atoms with Crippen LogP contribution in [0.15, 0.2) is 18.2 Å². The van der Waals surface area contributed by atoms with E-state index in [0.29, 0.717) is 6.42 Å². The number of benzene rings is 1. The molecule has 0 fully saturated rings. The molecule has 0 aromatic heterocycles. The van der Waals surface area contributed by atoms with Gasteiger partial charge in [0.2, 0.25) is 0 Å². The van der Waals surface area contributed by atoms with E-state index in [4.69, 9.17) is 10.5 Å². The number of hydrogen-bond acceptors (Lipinski definition) is 2. The molecule has 0 saturated heterocycles. The van der Waals surface area contributed by atoms with Crippen LogP contribution in [-0.2, 0) is 0 Å². The van der Waals surface area contributed by atoms with Crippen LogP contribution in [0.4, 0.5) is 0 Å². The van der Waals surface area contributed by atoms with Gasteiger partial charge in [0.25, 0.3) is 0 Å². The van der Waals surface area contributed by atoms with Gasteiger partial charge in [-0.15, -0.1) is 11.8 Å². The molecule has 2 heteroatoms. The van der Waals surface area contributed by atoms with Crippen molar-refractivity contribution in [2.45, 2.75) is 26.3 Å². The van der Waals surface area contributed by atoms with Crippen LogP contribution in [0.3, 0.4) is 0 Å². The zero-order chi connectivity index (χ0) is 11.3. The monoisotopic (exact) mass is 203 g/mol. The van der Waals surface area contributed by atoms with Crippen LogP contribution >= 0.6 is 0 Å². The largest absolute Gasteiger partial charge is 0.496 e. The molecule has 0 aliphatic heterocycles. The molecular weight excluding hydrogens is 186 g/mol. The Balaban J connectivity index is 2.95. The first kappa shape index (κ1) is 11.6. The Hall–Kier alpha value is -1.46. The van der Waals surface area contributed by atoms with Gasteiger partial charge in [-0.25, -0.2) is 0 Å². The van der Waals surface area contributed by atoms with Gasteiger partial charge >= 0.3 is 0 Å². The predicted molar refractivity (Wildman–Crippen MR) is 62.7 cm³/mol. The number of nitrogens with two attached hydrogens (primary N) is 1. The number of hydrogen-bond donors (Lipinski definition) is 1. The summed E-state index contributed by atoms with van der Waals surface area (Å²) < 4.78 is 5.30. The fourth-order valence-corrected chi connectivity index (χ4v) is 1.45. The lowest BCUT2D eigenvalue weighted by atomic mass is 10.0. The van der Waals surface area contributed by atoms with E-state index < -0.39 is 0 Å². The molecule has 1 aromatic rings. The first-order chi connectivity index (χ1) is 7.19. The Morgan fingerprint density at radius 2 is 2.20 bits per heavy atom. The third-order valence-electron chi connectivity index (χ3n) is 2.29. The lowest BCUT2D eigenvalue weighted by molar-refractivity contribution is 0.405. The fraction of sp³-hybridized carbons (Fsp3) is 0.385. The van der Waals surface area contributed by atoms with Crippen LogP contribution in [0.25, 0.3) is 0 Å². The molecule has 1 aromatic carbocycles. The van der Waals surface area contributed by atoms with Gasteiger partial charge in [0.05, 0.1) is 7.11 Å². The Bertz CT molecular complexity index is 387. The third kappa shape index (κ3) is 3.00. The molecule has 0 heterocycles. The summed E-state index contributed by atoms with van der Waals surface area (Å²) in [6.45, 7) is 3.85. The first-order valence-electron chi connectivity index (χ1n) is 4.98. The lowest BCUT2D eigenvalue weighted by Gasteiger charge is -2.13. The molecule has 0 spiro atoms. The third-order valence-corrected chi connectivity index (χ3v) is 2.29. The smallest absolute Gasteiger partial charge is 0.123 e. The van der Waals surface area contributed by atoms with Crippen LogP contribution in [0.5, 0.6) is 5.75 Å². The molecular formula is C13H17NO. The van der Waals surface area contributed by atoms with Gasteiger partial charge in [0.1, 0.15) is 5.75 Å². The van der Waals surface area contributed by atoms with Crippen molar-refractivity contribution in [3.05, 3.63) is 29.3 Å². The zero-order valence-corrected chi connectivity index (χ0v) is 9.50. The van der Waals surface area contributed by atoms with Crippen molar-refractivity contribution in [1.82, 2.24) is 0 Å². The van der Waals surface area contributed by atoms with Gasteiger partial charge < -0.3 is 10.5 Å².